The van der Waals surface area contributed by atoms with Crippen LogP contribution in [0.1, 0.15) is 25.7 Å². The molecule has 1 amide bonds. The molecule has 0 fully saturated rings. The number of alkyl carbamates (subject to hydrolysis) is 1. The van der Waals surface area contributed by atoms with Crippen molar-refractivity contribution in [2.75, 3.05) is 7.11 Å². The predicted molar refractivity (Wildman–Crippen MR) is 42.1 cm³/mol. The summed E-state index contributed by atoms with van der Waals surface area (Å²) in [6.45, 7) is 0. The largest absolute Gasteiger partial charge is 0.453 e. The smallest absolute Gasteiger partial charge is 0.411 e. The number of nitrogens with one attached hydrogen (secondary N) is 1. The van der Waals surface area contributed by atoms with Crippen molar-refractivity contribution in [1.29, 1.82) is 0 Å². The molecular weight excluding hydrogens is 142 g/mol. The van der Waals surface area contributed by atoms with Crippen molar-refractivity contribution >= 4 is 6.09 Å². The summed E-state index contributed by atoms with van der Waals surface area (Å²) in [5.41, 5.74) is 1.00. The zero-order valence-corrected chi connectivity index (χ0v) is 6.72. The summed E-state index contributed by atoms with van der Waals surface area (Å²) in [5.74, 6) is 0. The number of carbonyl (C=O) groups excluding carboxylic acids is 1. The maximum Gasteiger partial charge on any atom is 0.411 e. The number of amides is 1. The second-order valence-electron chi connectivity index (χ2n) is 2.59. The number of hydrogen-bond donors (Lipinski definition) is 1. The Morgan fingerprint density at radius 3 is 3.00 bits per heavy atom. The van der Waals surface area contributed by atoms with E-state index in [0.29, 0.717) is 0 Å². The van der Waals surface area contributed by atoms with Gasteiger partial charge in [-0.15, -0.1) is 0 Å². The van der Waals surface area contributed by atoms with E-state index in [1.165, 1.54) is 13.5 Å². The SMILES string of the molecule is COC(=O)NC1=CCCCC1. The fraction of sp³-hybridized carbons (Fsp3) is 0.625. The van der Waals surface area contributed by atoms with Crippen molar-refractivity contribution in [2.24, 2.45) is 0 Å². The lowest BCUT2D eigenvalue weighted by Gasteiger charge is -2.12. The molecule has 0 unspecified atom stereocenters. The maximum atomic E-state index is 10.7. The Balaban J connectivity index is 2.35. The van der Waals surface area contributed by atoms with Crippen LogP contribution in [0.25, 0.3) is 0 Å². The quantitative estimate of drug-likeness (QED) is 0.627. The van der Waals surface area contributed by atoms with Crippen LogP contribution >= 0.6 is 0 Å². The van der Waals surface area contributed by atoms with E-state index < -0.39 is 0 Å². The summed E-state index contributed by atoms with van der Waals surface area (Å²) in [6, 6.07) is 0. The number of methoxy groups -OCH3 is 1. The number of hydrogen-bond acceptors (Lipinski definition) is 2. The molecular formula is C8H13NO2. The van der Waals surface area contributed by atoms with Gasteiger partial charge in [-0.1, -0.05) is 6.08 Å². The molecule has 0 saturated carbocycles. The Morgan fingerprint density at radius 1 is 1.64 bits per heavy atom. The van der Waals surface area contributed by atoms with Crippen LogP contribution in [0, 0.1) is 0 Å². The number of ether oxygens (including phenoxy) is 1. The highest BCUT2D eigenvalue weighted by Crippen LogP contribution is 2.14. The van der Waals surface area contributed by atoms with Gasteiger partial charge in [0.15, 0.2) is 0 Å². The third-order valence-electron chi connectivity index (χ3n) is 1.74. The van der Waals surface area contributed by atoms with Crippen LogP contribution < -0.4 is 5.32 Å². The van der Waals surface area contributed by atoms with E-state index in [1.54, 1.807) is 0 Å². The molecule has 11 heavy (non-hydrogen) atoms. The summed E-state index contributed by atoms with van der Waals surface area (Å²) in [6.07, 6.45) is 6.12. The van der Waals surface area contributed by atoms with Gasteiger partial charge in [0.2, 0.25) is 0 Å². The predicted octanol–water partition coefficient (Wildman–Crippen LogP) is 1.80. The molecule has 62 valence electrons. The Kier molecular flexibility index (Phi) is 2.95. The van der Waals surface area contributed by atoms with Crippen LogP contribution in [0.4, 0.5) is 4.79 Å². The summed E-state index contributed by atoms with van der Waals surface area (Å²) in [5, 5.41) is 2.67. The second-order valence-corrected chi connectivity index (χ2v) is 2.59. The molecule has 1 rings (SSSR count). The fourth-order valence-corrected chi connectivity index (χ4v) is 1.13. The molecule has 3 heteroatoms. The first kappa shape index (κ1) is 8.11. The van der Waals surface area contributed by atoms with Gasteiger partial charge in [0, 0.05) is 5.70 Å². The summed E-state index contributed by atoms with van der Waals surface area (Å²) < 4.78 is 4.46. The molecule has 1 aliphatic carbocycles. The van der Waals surface area contributed by atoms with Gasteiger partial charge in [0.1, 0.15) is 0 Å². The molecule has 0 radical (unpaired) electrons. The third kappa shape index (κ3) is 2.62. The lowest BCUT2D eigenvalue weighted by molar-refractivity contribution is 0.173. The molecule has 3 nitrogen and oxygen atoms in total. The van der Waals surface area contributed by atoms with Crippen molar-refractivity contribution in [3.05, 3.63) is 11.8 Å². The van der Waals surface area contributed by atoms with E-state index in [4.69, 9.17) is 0 Å². The minimum atomic E-state index is -0.363. The second kappa shape index (κ2) is 4.01. The molecule has 0 saturated heterocycles. The lowest BCUT2D eigenvalue weighted by Crippen LogP contribution is -2.23. The van der Waals surface area contributed by atoms with E-state index in [1.807, 2.05) is 0 Å². The molecule has 0 atom stereocenters. The highest BCUT2D eigenvalue weighted by molar-refractivity contribution is 5.69. The number of allylic oxidation sites excluding steroid dienone is 2. The lowest BCUT2D eigenvalue weighted by atomic mass is 10.1. The highest BCUT2D eigenvalue weighted by atomic mass is 16.5. The van der Waals surface area contributed by atoms with Crippen LogP contribution in [0.5, 0.6) is 0 Å². The van der Waals surface area contributed by atoms with E-state index >= 15 is 0 Å². The van der Waals surface area contributed by atoms with Crippen molar-refractivity contribution in [3.8, 4) is 0 Å². The Morgan fingerprint density at radius 2 is 2.45 bits per heavy atom. The van der Waals surface area contributed by atoms with Crippen LogP contribution in [0.3, 0.4) is 0 Å². The first-order valence-electron chi connectivity index (χ1n) is 3.87. The normalized spacial score (nSPS) is 17.0. The van der Waals surface area contributed by atoms with Crippen molar-refractivity contribution in [1.82, 2.24) is 5.32 Å². The molecule has 0 spiro atoms. The van der Waals surface area contributed by atoms with Crippen LogP contribution in [-0.4, -0.2) is 13.2 Å². The molecule has 0 heterocycles. The monoisotopic (exact) mass is 155 g/mol. The minimum absolute atomic E-state index is 0.363. The van der Waals surface area contributed by atoms with Crippen LogP contribution in [-0.2, 0) is 4.74 Å². The van der Waals surface area contributed by atoms with Crippen LogP contribution in [0.2, 0.25) is 0 Å². The molecule has 0 aromatic heterocycles. The summed E-state index contributed by atoms with van der Waals surface area (Å²) in [7, 11) is 1.37. The van der Waals surface area contributed by atoms with E-state index in [0.717, 1.165) is 25.0 Å². The highest BCUT2D eigenvalue weighted by Gasteiger charge is 2.06. The van der Waals surface area contributed by atoms with Gasteiger partial charge in [-0.25, -0.2) is 4.79 Å². The topological polar surface area (TPSA) is 38.3 Å². The minimum Gasteiger partial charge on any atom is -0.453 e. The first-order valence-corrected chi connectivity index (χ1v) is 3.87. The van der Waals surface area contributed by atoms with Gasteiger partial charge < -0.3 is 4.74 Å². The van der Waals surface area contributed by atoms with E-state index in [-0.39, 0.29) is 6.09 Å². The van der Waals surface area contributed by atoms with Gasteiger partial charge >= 0.3 is 6.09 Å². The average Bonchev–Trinajstić information content (AvgIpc) is 2.06. The fourth-order valence-electron chi connectivity index (χ4n) is 1.13. The average molecular weight is 155 g/mol. The Hall–Kier alpha value is -0.990. The Bertz CT molecular complexity index is 175. The summed E-state index contributed by atoms with van der Waals surface area (Å²) >= 11 is 0. The van der Waals surface area contributed by atoms with Crippen molar-refractivity contribution in [3.63, 3.8) is 0 Å². The zero-order valence-electron chi connectivity index (χ0n) is 6.72. The standard InChI is InChI=1S/C8H13NO2/c1-11-8(10)9-7-5-3-2-4-6-7/h5H,2-4,6H2,1H3,(H,9,10). The van der Waals surface area contributed by atoms with Gasteiger partial charge in [0.25, 0.3) is 0 Å². The molecule has 0 aliphatic heterocycles. The van der Waals surface area contributed by atoms with Gasteiger partial charge in [0.05, 0.1) is 7.11 Å². The van der Waals surface area contributed by atoms with Crippen LogP contribution in [0.15, 0.2) is 11.8 Å². The van der Waals surface area contributed by atoms with Crippen molar-refractivity contribution < 1.29 is 9.53 Å². The number of rotatable bonds is 1. The third-order valence-corrected chi connectivity index (χ3v) is 1.74. The maximum absolute atomic E-state index is 10.7. The van der Waals surface area contributed by atoms with E-state index in [9.17, 15) is 4.79 Å². The van der Waals surface area contributed by atoms with Gasteiger partial charge in [-0.3, -0.25) is 5.32 Å². The van der Waals surface area contributed by atoms with Gasteiger partial charge in [-0.2, -0.15) is 0 Å². The Labute approximate surface area is 66.4 Å². The first-order chi connectivity index (χ1) is 5.33. The molecule has 0 bridgehead atoms. The molecule has 1 N–H and O–H groups in total. The zero-order chi connectivity index (χ0) is 8.10. The van der Waals surface area contributed by atoms with E-state index in [2.05, 4.69) is 16.1 Å². The van der Waals surface area contributed by atoms with Gasteiger partial charge in [-0.05, 0) is 25.7 Å². The number of carbonyl (C=O) groups is 1. The summed E-state index contributed by atoms with van der Waals surface area (Å²) in [4.78, 5) is 10.7. The molecule has 0 aromatic rings. The molecule has 0 aromatic carbocycles. The van der Waals surface area contributed by atoms with Crippen molar-refractivity contribution in [2.45, 2.75) is 25.7 Å². The molecule has 1 aliphatic rings.